The minimum absolute atomic E-state index is 0. The van der Waals surface area contributed by atoms with Crippen LogP contribution in [0, 0.1) is 45.6 Å². The molecule has 6 nitrogen and oxygen atoms in total. The van der Waals surface area contributed by atoms with Gasteiger partial charge in [0.25, 0.3) is 0 Å². The number of unbranched alkanes of at least 4 members (excludes halogenated alkanes) is 1. The predicted octanol–water partition coefficient (Wildman–Crippen LogP) is 19.2. The monoisotopic (exact) mass is 1220 g/mol. The second-order valence-electron chi connectivity index (χ2n) is 22.3. The first-order chi connectivity index (χ1) is 36.9. The third-order valence-electron chi connectivity index (χ3n) is 15.8. The summed E-state index contributed by atoms with van der Waals surface area (Å²) in [6.45, 7) is 18.9. The van der Waals surface area contributed by atoms with Crippen molar-refractivity contribution >= 4 is 51.7 Å². The number of hydrogen-bond donors (Lipinski definition) is 2. The van der Waals surface area contributed by atoms with Crippen molar-refractivity contribution in [3.63, 3.8) is 0 Å². The number of para-hydroxylation sites is 6. The van der Waals surface area contributed by atoms with Crippen molar-refractivity contribution in [2.45, 2.75) is 98.2 Å². The number of fused-ring (bicyclic) bond motifs is 6. The summed E-state index contributed by atoms with van der Waals surface area (Å²) in [5, 5.41) is 29.0. The first-order valence-electron chi connectivity index (χ1n) is 27.9. The van der Waals surface area contributed by atoms with Gasteiger partial charge in [0.1, 0.15) is 23.0 Å². The Morgan fingerprint density at radius 1 is 0.538 bits per heavy atom. The molecule has 402 valence electrons. The van der Waals surface area contributed by atoms with Crippen LogP contribution in [0.25, 0.3) is 77.2 Å². The van der Waals surface area contributed by atoms with E-state index in [0.29, 0.717) is 13.2 Å². The molecule has 10 aromatic rings. The van der Waals surface area contributed by atoms with Crippen molar-refractivity contribution in [2.24, 2.45) is 17.8 Å². The number of phenols is 2. The van der Waals surface area contributed by atoms with E-state index in [9.17, 15) is 10.2 Å². The van der Waals surface area contributed by atoms with E-state index in [1.807, 2.05) is 48.5 Å². The number of benzene rings is 8. The summed E-state index contributed by atoms with van der Waals surface area (Å²) in [5.74, 6) is 3.46. The van der Waals surface area contributed by atoms with Gasteiger partial charge in [-0.3, -0.25) is 0 Å². The Morgan fingerprint density at radius 3 is 1.26 bits per heavy atom. The van der Waals surface area contributed by atoms with Crippen LogP contribution in [0.4, 0.5) is 0 Å². The van der Waals surface area contributed by atoms with Crippen molar-refractivity contribution in [1.29, 1.82) is 0 Å². The second kappa shape index (κ2) is 25.6. The molecule has 8 heteroatoms. The quantitative estimate of drug-likeness (QED) is 0.0747. The van der Waals surface area contributed by atoms with Crippen molar-refractivity contribution < 1.29 is 45.5 Å². The Hall–Kier alpha value is -6.35. The molecule has 1 aliphatic carbocycles. The van der Waals surface area contributed by atoms with E-state index >= 15 is 0 Å². The molecule has 2 N–H and O–H groups in total. The van der Waals surface area contributed by atoms with Crippen LogP contribution in [0.3, 0.4) is 0 Å². The molecule has 0 amide bonds. The number of aromatic hydroxyl groups is 2. The van der Waals surface area contributed by atoms with Crippen molar-refractivity contribution in [1.82, 2.24) is 9.13 Å². The van der Waals surface area contributed by atoms with Crippen molar-refractivity contribution in [3.05, 3.63) is 195 Å². The van der Waals surface area contributed by atoms with Crippen LogP contribution < -0.4 is 9.47 Å². The Balaban J connectivity index is 0.000000515. The van der Waals surface area contributed by atoms with Gasteiger partial charge in [0.05, 0.1) is 46.7 Å². The van der Waals surface area contributed by atoms with E-state index < -0.39 is 8.07 Å². The van der Waals surface area contributed by atoms with Crippen molar-refractivity contribution in [3.8, 4) is 56.6 Å². The summed E-state index contributed by atoms with van der Waals surface area (Å²) in [6, 6.07) is 59.3. The molecule has 0 saturated heterocycles. The summed E-state index contributed by atoms with van der Waals surface area (Å²) in [5.41, 5.74) is 11.0. The normalized spacial score (nSPS) is 14.9. The van der Waals surface area contributed by atoms with Crippen LogP contribution in [0.2, 0.25) is 19.1 Å². The molecule has 0 bridgehead atoms. The van der Waals surface area contributed by atoms with Crippen LogP contribution in [0.15, 0.2) is 170 Å². The first-order valence-corrected chi connectivity index (χ1v) is 31.3. The minimum atomic E-state index is -1.04. The second-order valence-corrected chi connectivity index (χ2v) is 27.0. The van der Waals surface area contributed by atoms with Gasteiger partial charge < -0.3 is 42.8 Å². The Bertz CT molecular complexity index is 3310. The summed E-state index contributed by atoms with van der Waals surface area (Å²) < 4.78 is 18.0. The SMILES string of the molecule is Cc1cc(-c2ccccc2OC[C@@H]2CCCC[C@H]2COc2ccccc2-c2cc(C)cc(-n3c4ccccc4c4ccccc43)c2O)c(O)c(-n2c3ccccc3c3ccccc32)c1.[CH2-][Si](C)(C)CC(CC)CCCC.[CH3-].[Hf]. The average molecular weight is 1220 g/mol. The maximum Gasteiger partial charge on any atom is 0.147 e. The number of nitrogens with zero attached hydrogens (tertiary/aromatic N) is 2. The smallest absolute Gasteiger partial charge is 0.147 e. The van der Waals surface area contributed by atoms with Crippen LogP contribution >= 0.6 is 0 Å². The number of rotatable bonds is 16. The summed E-state index contributed by atoms with van der Waals surface area (Å²) in [4.78, 5) is 0. The largest absolute Gasteiger partial charge is 0.505 e. The maximum atomic E-state index is 12.2. The van der Waals surface area contributed by atoms with E-state index in [0.717, 1.165) is 131 Å². The zero-order valence-electron chi connectivity index (χ0n) is 47.0. The standard InChI is InChI=1S/C58H50N2O4.C11H25Si.CH3.Hf/c1-37-31-47(57(61)53(33-37)59-49-25-11-5-19-41(49)42-20-6-12-26-50(42)59)45-23-9-15-29-55(45)63-35-39-17-3-4-18-40(39)36-64-56-30-16-10-24-46(56)48-32-38(2)34-54(58(48)62)60-51-27-13-7-21-43(51)44-22-8-14-28-52(44)60;1-6-8-9-11(7-2)10-12(3,4)5;;/h5-16,19-34,39-40,61-62H,3-4,17-18,35-36H2,1-2H3;11H,3,6-10H2,1-2,4-5H3;1H3;/q;2*-1;/t39-,40-;;;/m0.../s1. The molecule has 8 aromatic carbocycles. The molecular weight excluding hydrogens is 1140 g/mol. The Kier molecular flexibility index (Phi) is 19.0. The molecule has 0 aliphatic heterocycles. The maximum absolute atomic E-state index is 12.2. The molecule has 78 heavy (non-hydrogen) atoms. The molecule has 0 radical (unpaired) electrons. The fraction of sp³-hybridized carbons (Fsp3) is 0.286. The average Bonchev–Trinajstić information content (AvgIpc) is 4.17. The fourth-order valence-electron chi connectivity index (χ4n) is 12.1. The molecule has 1 fully saturated rings. The molecule has 0 spiro atoms. The Morgan fingerprint density at radius 2 is 0.897 bits per heavy atom. The Labute approximate surface area is 483 Å². The number of aromatic nitrogens is 2. The van der Waals surface area contributed by atoms with Gasteiger partial charge in [-0.05, 0) is 116 Å². The number of phenolic OH excluding ortho intramolecular Hbond substituents is 2. The summed E-state index contributed by atoms with van der Waals surface area (Å²) >= 11 is 0. The molecule has 2 heterocycles. The van der Waals surface area contributed by atoms with E-state index in [2.05, 4.69) is 178 Å². The van der Waals surface area contributed by atoms with E-state index in [-0.39, 0.29) is 56.6 Å². The van der Waals surface area contributed by atoms with Crippen LogP contribution in [-0.4, -0.2) is 40.6 Å². The summed E-state index contributed by atoms with van der Waals surface area (Å²) in [6.07, 6.45) is 9.92. The number of aryl methyl sites for hydroxylation is 2. The van der Waals surface area contributed by atoms with Gasteiger partial charge >= 0.3 is 0 Å². The van der Waals surface area contributed by atoms with Gasteiger partial charge in [-0.2, -0.15) is 0 Å². The molecular formula is C70H78HfN2O4Si-2. The molecule has 11 rings (SSSR count). The van der Waals surface area contributed by atoms with Crippen LogP contribution in [0.1, 0.15) is 76.3 Å². The van der Waals surface area contributed by atoms with Crippen molar-refractivity contribution in [2.75, 3.05) is 13.2 Å². The van der Waals surface area contributed by atoms with Gasteiger partial charge in [0.15, 0.2) is 0 Å². The molecule has 1 aliphatic rings. The summed E-state index contributed by atoms with van der Waals surface area (Å²) in [7, 11) is -1.04. The molecule has 1 unspecified atom stereocenters. The number of ether oxygens (including phenoxy) is 2. The van der Waals surface area contributed by atoms with E-state index in [1.54, 1.807) is 0 Å². The fourth-order valence-corrected chi connectivity index (χ4v) is 14.2. The number of hydrogen-bond acceptors (Lipinski definition) is 4. The van der Waals surface area contributed by atoms with Gasteiger partial charge in [0, 0.05) is 69.6 Å². The topological polar surface area (TPSA) is 68.8 Å². The third kappa shape index (κ3) is 12.3. The first kappa shape index (κ1) is 57.8. The van der Waals surface area contributed by atoms with Crippen LogP contribution in [-0.2, 0) is 25.8 Å². The van der Waals surface area contributed by atoms with Gasteiger partial charge in [-0.1, -0.05) is 189 Å². The molecule has 3 atom stereocenters. The predicted molar refractivity (Wildman–Crippen MR) is 329 cm³/mol. The zero-order valence-corrected chi connectivity index (χ0v) is 51.6. The van der Waals surface area contributed by atoms with Crippen LogP contribution in [0.5, 0.6) is 23.0 Å². The zero-order chi connectivity index (χ0) is 52.9. The minimum Gasteiger partial charge on any atom is -0.505 e. The van der Waals surface area contributed by atoms with Gasteiger partial charge in [-0.15, -0.1) is 0 Å². The van der Waals surface area contributed by atoms with E-state index in [4.69, 9.17) is 9.47 Å². The molecule has 2 aromatic heterocycles. The molecule has 1 saturated carbocycles. The third-order valence-corrected chi connectivity index (χ3v) is 17.5. The van der Waals surface area contributed by atoms with E-state index in [1.165, 1.54) is 31.7 Å². The van der Waals surface area contributed by atoms with Gasteiger partial charge in [-0.25, -0.2) is 0 Å². The van der Waals surface area contributed by atoms with Gasteiger partial charge in [0.2, 0.25) is 0 Å².